The van der Waals surface area contributed by atoms with Crippen LogP contribution in [-0.2, 0) is 4.79 Å². The van der Waals surface area contributed by atoms with Crippen molar-refractivity contribution in [2.45, 2.75) is 23.0 Å². The normalized spacial score (nSPS) is 16.2. The molecule has 2 atom stereocenters. The largest absolute Gasteiger partial charge is 0.466 e. The summed E-state index contributed by atoms with van der Waals surface area (Å²) in [6.45, 7) is 1.95. The lowest BCUT2D eigenvalue weighted by Gasteiger charge is -2.26. The van der Waals surface area contributed by atoms with E-state index in [1.165, 1.54) is 11.8 Å². The molecule has 208 valence electrons. The van der Waals surface area contributed by atoms with Crippen LogP contribution in [0.25, 0.3) is 16.8 Å². The molecule has 1 aliphatic heterocycles. The van der Waals surface area contributed by atoms with Gasteiger partial charge in [-0.05, 0) is 53.1 Å². The number of hydrogen-bond donors (Lipinski definition) is 1. The van der Waals surface area contributed by atoms with E-state index in [0.29, 0.717) is 20.5 Å². The first-order chi connectivity index (χ1) is 19.6. The number of nitrogens with one attached hydrogen (secondary N) is 1. The molecule has 1 N–H and O–H groups in total. The second-order valence-corrected chi connectivity index (χ2v) is 13.3. The Labute approximate surface area is 262 Å². The molecule has 0 unspecified atom stereocenters. The molecule has 1 fully saturated rings. The van der Waals surface area contributed by atoms with Gasteiger partial charge in [0.15, 0.2) is 0 Å². The number of carbonyl (C=O) groups is 2. The first-order valence-corrected chi connectivity index (χ1v) is 14.9. The summed E-state index contributed by atoms with van der Waals surface area (Å²) in [6.07, 6.45) is 0.496. The SMILES string of the molecule is C[C@@H](c1ccccc1)N1C(=O)/C(=C/c2ccc(O[C@@H](NC(=O)c3cccc4ccccc34)C(Cl)(Cl)Cl)cc2)SC1=S. The van der Waals surface area contributed by atoms with Gasteiger partial charge < -0.3 is 10.1 Å². The minimum Gasteiger partial charge on any atom is -0.466 e. The van der Waals surface area contributed by atoms with Crippen LogP contribution in [0.1, 0.15) is 34.5 Å². The van der Waals surface area contributed by atoms with Gasteiger partial charge >= 0.3 is 0 Å². The van der Waals surface area contributed by atoms with E-state index in [0.717, 1.165) is 21.9 Å². The maximum absolute atomic E-state index is 13.2. The third-order valence-electron chi connectivity index (χ3n) is 6.52. The molecule has 0 aromatic heterocycles. The van der Waals surface area contributed by atoms with Crippen LogP contribution in [0.5, 0.6) is 5.75 Å². The summed E-state index contributed by atoms with van der Waals surface area (Å²) >= 11 is 25.3. The third-order valence-corrected chi connectivity index (χ3v) is 8.44. The van der Waals surface area contributed by atoms with Gasteiger partial charge in [0.25, 0.3) is 11.8 Å². The maximum atomic E-state index is 13.2. The van der Waals surface area contributed by atoms with Crippen LogP contribution in [0.4, 0.5) is 0 Å². The molecule has 0 aliphatic carbocycles. The fourth-order valence-electron chi connectivity index (χ4n) is 4.42. The van der Waals surface area contributed by atoms with Crippen LogP contribution in [-0.4, -0.2) is 31.1 Å². The minimum atomic E-state index is -1.96. The number of thioether (sulfide) groups is 1. The highest BCUT2D eigenvalue weighted by Crippen LogP contribution is 2.38. The summed E-state index contributed by atoms with van der Waals surface area (Å²) < 4.78 is 4.44. The number of hydrogen-bond acceptors (Lipinski definition) is 5. The van der Waals surface area contributed by atoms with Crippen molar-refractivity contribution in [3.63, 3.8) is 0 Å². The van der Waals surface area contributed by atoms with Gasteiger partial charge in [-0.2, -0.15) is 0 Å². The number of halogens is 3. The van der Waals surface area contributed by atoms with Crippen molar-refractivity contribution in [2.75, 3.05) is 0 Å². The first-order valence-electron chi connectivity index (χ1n) is 12.6. The van der Waals surface area contributed by atoms with Crippen LogP contribution in [0.2, 0.25) is 0 Å². The lowest BCUT2D eigenvalue weighted by atomic mass is 10.0. The quantitative estimate of drug-likeness (QED) is 0.0952. The summed E-state index contributed by atoms with van der Waals surface area (Å²) in [7, 11) is 0. The van der Waals surface area contributed by atoms with Gasteiger partial charge in [0, 0.05) is 5.56 Å². The van der Waals surface area contributed by atoms with Gasteiger partial charge in [0.05, 0.1) is 10.9 Å². The fraction of sp³-hybridized carbons (Fsp3) is 0.129. The van der Waals surface area contributed by atoms with E-state index in [-0.39, 0.29) is 11.9 Å². The molecule has 0 radical (unpaired) electrons. The summed E-state index contributed by atoms with van der Waals surface area (Å²) in [4.78, 5) is 28.5. The average molecular weight is 642 g/mol. The number of ether oxygens (including phenoxy) is 1. The molecule has 1 heterocycles. The molecule has 0 saturated carbocycles. The number of alkyl halides is 3. The number of thiocarbonyl (C=S) groups is 1. The predicted octanol–water partition coefficient (Wildman–Crippen LogP) is 8.31. The Kier molecular flexibility index (Phi) is 8.92. The average Bonchev–Trinajstić information content (AvgIpc) is 3.24. The Morgan fingerprint density at radius 1 is 0.951 bits per heavy atom. The van der Waals surface area contributed by atoms with Crippen molar-refractivity contribution in [3.05, 3.63) is 119 Å². The Balaban J connectivity index is 1.30. The first kappa shape index (κ1) is 29.4. The van der Waals surface area contributed by atoms with Gasteiger partial charge in [-0.15, -0.1) is 0 Å². The summed E-state index contributed by atoms with van der Waals surface area (Å²) in [5, 5.41) is 4.37. The molecule has 10 heteroatoms. The van der Waals surface area contributed by atoms with Gasteiger partial charge in [-0.25, -0.2) is 0 Å². The molecule has 1 saturated heterocycles. The Hall–Kier alpha value is -3.07. The van der Waals surface area contributed by atoms with E-state index < -0.39 is 15.9 Å². The van der Waals surface area contributed by atoms with Gasteiger partial charge in [0.1, 0.15) is 10.1 Å². The highest BCUT2D eigenvalue weighted by molar-refractivity contribution is 8.26. The van der Waals surface area contributed by atoms with E-state index in [9.17, 15) is 9.59 Å². The van der Waals surface area contributed by atoms with Crippen LogP contribution in [0, 0.1) is 0 Å². The van der Waals surface area contributed by atoms with E-state index in [1.807, 2.05) is 67.6 Å². The number of carbonyl (C=O) groups excluding carboxylic acids is 2. The van der Waals surface area contributed by atoms with Crippen molar-refractivity contribution in [2.24, 2.45) is 0 Å². The van der Waals surface area contributed by atoms with Crippen LogP contribution in [0.3, 0.4) is 0 Å². The molecule has 0 bridgehead atoms. The highest BCUT2D eigenvalue weighted by atomic mass is 35.6. The molecule has 41 heavy (non-hydrogen) atoms. The highest BCUT2D eigenvalue weighted by Gasteiger charge is 2.37. The topological polar surface area (TPSA) is 58.6 Å². The van der Waals surface area contributed by atoms with Crippen molar-refractivity contribution < 1.29 is 14.3 Å². The zero-order valence-electron chi connectivity index (χ0n) is 21.6. The van der Waals surface area contributed by atoms with Crippen LogP contribution in [0.15, 0.2) is 102 Å². The maximum Gasteiger partial charge on any atom is 0.266 e. The summed E-state index contributed by atoms with van der Waals surface area (Å²) in [5.74, 6) is -0.229. The smallest absolute Gasteiger partial charge is 0.266 e. The van der Waals surface area contributed by atoms with E-state index in [4.69, 9.17) is 51.8 Å². The number of rotatable bonds is 7. The van der Waals surface area contributed by atoms with E-state index >= 15 is 0 Å². The fourth-order valence-corrected chi connectivity index (χ4v) is 6.14. The molecular weight excluding hydrogens is 619 g/mol. The monoisotopic (exact) mass is 640 g/mol. The zero-order chi connectivity index (χ0) is 29.1. The minimum absolute atomic E-state index is 0.149. The molecule has 0 spiro atoms. The van der Waals surface area contributed by atoms with E-state index in [1.54, 1.807) is 47.4 Å². The second-order valence-electron chi connectivity index (χ2n) is 9.25. The van der Waals surface area contributed by atoms with Gasteiger partial charge in [-0.3, -0.25) is 14.5 Å². The Bertz CT molecular complexity index is 1640. The molecule has 2 amide bonds. The predicted molar refractivity (Wildman–Crippen MR) is 172 cm³/mol. The lowest BCUT2D eigenvalue weighted by molar-refractivity contribution is -0.123. The molecule has 4 aromatic rings. The standard InChI is InChI=1S/C31H23Cl3N2O3S2/c1-19(21-8-3-2-4-9-21)36-28(38)26(41-30(36)40)18-20-14-16-23(17-15-20)39-29(31(32,33)34)35-27(37)25-13-7-11-22-10-5-6-12-24(22)25/h2-19,29H,1H3,(H,35,37)/b26-18-/t19-,29+/m0/s1. The number of nitrogens with zero attached hydrogens (tertiary/aromatic N) is 1. The lowest BCUT2D eigenvalue weighted by Crippen LogP contribution is -2.47. The summed E-state index contributed by atoms with van der Waals surface area (Å²) in [6, 6.07) is 29.4. The molecule has 4 aromatic carbocycles. The molecular formula is C31H23Cl3N2O3S2. The van der Waals surface area contributed by atoms with E-state index in [2.05, 4.69) is 5.32 Å². The van der Waals surface area contributed by atoms with Crippen molar-refractivity contribution >= 4 is 91.8 Å². The van der Waals surface area contributed by atoms with Crippen molar-refractivity contribution in [1.82, 2.24) is 10.2 Å². The molecule has 5 nitrogen and oxygen atoms in total. The Morgan fingerprint density at radius 2 is 1.61 bits per heavy atom. The van der Waals surface area contributed by atoms with Crippen LogP contribution >= 0.6 is 58.8 Å². The summed E-state index contributed by atoms with van der Waals surface area (Å²) in [5.41, 5.74) is 2.19. The number of benzene rings is 4. The van der Waals surface area contributed by atoms with Crippen molar-refractivity contribution in [1.29, 1.82) is 0 Å². The zero-order valence-corrected chi connectivity index (χ0v) is 25.5. The number of fused-ring (bicyclic) bond motifs is 1. The van der Waals surface area contributed by atoms with Crippen LogP contribution < -0.4 is 10.1 Å². The van der Waals surface area contributed by atoms with Gasteiger partial charge in [-0.1, -0.05) is 138 Å². The van der Waals surface area contributed by atoms with Crippen molar-refractivity contribution in [3.8, 4) is 5.75 Å². The number of amides is 2. The Morgan fingerprint density at radius 3 is 2.32 bits per heavy atom. The molecule has 5 rings (SSSR count). The molecule has 1 aliphatic rings. The third kappa shape index (κ3) is 6.71. The van der Waals surface area contributed by atoms with Gasteiger partial charge in [0.2, 0.25) is 10.0 Å². The second kappa shape index (κ2) is 12.4.